The molecule has 7 nitrogen and oxygen atoms in total. The van der Waals surface area contributed by atoms with Gasteiger partial charge >= 0.3 is 6.09 Å². The van der Waals surface area contributed by atoms with Gasteiger partial charge < -0.3 is 10.1 Å². The van der Waals surface area contributed by atoms with Crippen LogP contribution in [0.1, 0.15) is 31.9 Å². The number of nitrogens with one attached hydrogen (secondary N) is 1. The molecule has 1 unspecified atom stereocenters. The number of fused-ring (bicyclic) bond motifs is 1. The lowest BCUT2D eigenvalue weighted by atomic mass is 10.0. The van der Waals surface area contributed by atoms with Gasteiger partial charge in [-0.25, -0.2) is 4.79 Å². The smallest absolute Gasteiger partial charge is 0.410 e. The maximum Gasteiger partial charge on any atom is 0.410 e. The molecule has 28 heavy (non-hydrogen) atoms. The van der Waals surface area contributed by atoms with Gasteiger partial charge in [-0.1, -0.05) is 30.3 Å². The van der Waals surface area contributed by atoms with Crippen LogP contribution < -0.4 is 5.32 Å². The highest BCUT2D eigenvalue weighted by Gasteiger charge is 2.31. The van der Waals surface area contributed by atoms with Crippen LogP contribution in [0.15, 0.2) is 48.5 Å². The summed E-state index contributed by atoms with van der Waals surface area (Å²) in [6.45, 7) is 6.31. The zero-order chi connectivity index (χ0) is 20.3. The molecule has 7 heteroatoms. The Bertz CT molecular complexity index is 862. The van der Waals surface area contributed by atoms with Gasteiger partial charge in [0.15, 0.2) is 0 Å². The average molecular weight is 383 g/mol. The quantitative estimate of drug-likeness (QED) is 0.628. The number of nitrogens with zero attached hydrogens (tertiary/aromatic N) is 2. The number of ether oxygens (including phenoxy) is 1. The number of benzene rings is 2. The van der Waals surface area contributed by atoms with Crippen LogP contribution in [-0.2, 0) is 17.7 Å². The second-order valence-electron chi connectivity index (χ2n) is 7.93. The minimum atomic E-state index is -0.605. The summed E-state index contributed by atoms with van der Waals surface area (Å²) in [4.78, 5) is 25.3. The summed E-state index contributed by atoms with van der Waals surface area (Å²) in [6.07, 6.45) is 0.268. The predicted octanol–water partition coefficient (Wildman–Crippen LogP) is 4.37. The van der Waals surface area contributed by atoms with Gasteiger partial charge in [-0.15, -0.1) is 0 Å². The van der Waals surface area contributed by atoms with Gasteiger partial charge in [-0.3, -0.25) is 15.0 Å². The number of anilines is 1. The summed E-state index contributed by atoms with van der Waals surface area (Å²) in [5.74, 6) is 0. The van der Waals surface area contributed by atoms with Gasteiger partial charge in [0.1, 0.15) is 5.60 Å². The molecule has 1 atom stereocenters. The van der Waals surface area contributed by atoms with Crippen LogP contribution in [0.4, 0.5) is 16.2 Å². The first-order chi connectivity index (χ1) is 13.2. The molecule has 148 valence electrons. The van der Waals surface area contributed by atoms with Crippen molar-refractivity contribution in [3.63, 3.8) is 0 Å². The fraction of sp³-hybridized carbons (Fsp3) is 0.381. The number of non-ortho nitro benzene ring substituents is 1. The number of hydrogen-bond acceptors (Lipinski definition) is 5. The van der Waals surface area contributed by atoms with Gasteiger partial charge in [0.25, 0.3) is 5.69 Å². The number of rotatable bonds is 3. The summed E-state index contributed by atoms with van der Waals surface area (Å²) < 4.78 is 5.63. The van der Waals surface area contributed by atoms with E-state index in [9.17, 15) is 14.9 Å². The maximum atomic E-state index is 12.9. The SMILES string of the molecule is CC(C)(C)OC(=O)N1Cc2ccc([N+](=O)[O-])cc2NCC1Cc1ccccc1. The van der Waals surface area contributed by atoms with Crippen LogP contribution in [-0.4, -0.2) is 34.1 Å². The molecule has 1 aliphatic rings. The molecule has 0 aromatic heterocycles. The molecule has 0 saturated heterocycles. The molecular formula is C21H25N3O4. The van der Waals surface area contributed by atoms with E-state index in [1.165, 1.54) is 12.1 Å². The molecular weight excluding hydrogens is 358 g/mol. The topological polar surface area (TPSA) is 84.7 Å². The lowest BCUT2D eigenvalue weighted by Crippen LogP contribution is -2.45. The van der Waals surface area contributed by atoms with E-state index in [4.69, 9.17) is 4.74 Å². The Morgan fingerprint density at radius 2 is 1.96 bits per heavy atom. The highest BCUT2D eigenvalue weighted by Crippen LogP contribution is 2.29. The molecule has 2 aromatic rings. The molecule has 0 bridgehead atoms. The number of carbonyl (C=O) groups excluding carboxylic acids is 1. The zero-order valence-electron chi connectivity index (χ0n) is 16.3. The lowest BCUT2D eigenvalue weighted by Gasteiger charge is -2.32. The predicted molar refractivity (Wildman–Crippen MR) is 107 cm³/mol. The summed E-state index contributed by atoms with van der Waals surface area (Å²) in [5, 5.41) is 14.4. The van der Waals surface area contributed by atoms with E-state index >= 15 is 0 Å². The highest BCUT2D eigenvalue weighted by molar-refractivity contribution is 5.70. The van der Waals surface area contributed by atoms with Gasteiger partial charge in [0.2, 0.25) is 0 Å². The van der Waals surface area contributed by atoms with E-state index in [2.05, 4.69) is 5.32 Å². The highest BCUT2D eigenvalue weighted by atomic mass is 16.6. The molecule has 1 aliphatic heterocycles. The van der Waals surface area contributed by atoms with E-state index < -0.39 is 10.5 Å². The molecule has 1 amide bonds. The van der Waals surface area contributed by atoms with Crippen LogP contribution in [0, 0.1) is 10.1 Å². The number of nitro benzene ring substituents is 1. The molecule has 0 fully saturated rings. The molecule has 1 heterocycles. The number of carbonyl (C=O) groups is 1. The Balaban J connectivity index is 1.91. The first-order valence-electron chi connectivity index (χ1n) is 9.28. The fourth-order valence-corrected chi connectivity index (χ4v) is 3.23. The molecule has 0 spiro atoms. The monoisotopic (exact) mass is 383 g/mol. The Kier molecular flexibility index (Phi) is 5.53. The van der Waals surface area contributed by atoms with Crippen LogP contribution in [0.25, 0.3) is 0 Å². The number of hydrogen-bond donors (Lipinski definition) is 1. The summed E-state index contributed by atoms with van der Waals surface area (Å²) in [7, 11) is 0. The standard InChI is InChI=1S/C21H25N3O4/c1-21(2,3)28-20(25)23-14-16-9-10-17(24(26)27)12-19(16)22-13-18(23)11-15-7-5-4-6-8-15/h4-10,12,18,22H,11,13-14H2,1-3H3. The molecule has 2 aromatic carbocycles. The van der Waals surface area contributed by atoms with Crippen molar-refractivity contribution >= 4 is 17.5 Å². The normalized spacial score (nSPS) is 16.5. The second kappa shape index (κ2) is 7.88. The van der Waals surface area contributed by atoms with E-state index in [0.29, 0.717) is 25.2 Å². The maximum absolute atomic E-state index is 12.9. The van der Waals surface area contributed by atoms with Crippen molar-refractivity contribution in [3.8, 4) is 0 Å². The van der Waals surface area contributed by atoms with Crippen molar-refractivity contribution in [1.29, 1.82) is 0 Å². The van der Waals surface area contributed by atoms with Crippen molar-refractivity contribution in [2.45, 2.75) is 45.4 Å². The largest absolute Gasteiger partial charge is 0.444 e. The Morgan fingerprint density at radius 3 is 2.61 bits per heavy atom. The first kappa shape index (κ1) is 19.7. The summed E-state index contributed by atoms with van der Waals surface area (Å²) >= 11 is 0. The van der Waals surface area contributed by atoms with Gasteiger partial charge in [0.05, 0.1) is 17.5 Å². The van der Waals surface area contributed by atoms with Crippen molar-refractivity contribution in [2.75, 3.05) is 11.9 Å². The van der Waals surface area contributed by atoms with Gasteiger partial charge in [0, 0.05) is 24.4 Å². The fourth-order valence-electron chi connectivity index (χ4n) is 3.23. The number of nitro groups is 1. The van der Waals surface area contributed by atoms with E-state index in [0.717, 1.165) is 11.1 Å². The van der Waals surface area contributed by atoms with Crippen LogP contribution in [0.2, 0.25) is 0 Å². The Labute approximate surface area is 164 Å². The first-order valence-corrected chi connectivity index (χ1v) is 9.28. The van der Waals surface area contributed by atoms with Crippen LogP contribution in [0.3, 0.4) is 0 Å². The molecule has 0 radical (unpaired) electrons. The third-order valence-electron chi connectivity index (χ3n) is 4.56. The second-order valence-corrected chi connectivity index (χ2v) is 7.93. The summed E-state index contributed by atoms with van der Waals surface area (Å²) in [5.41, 5.74) is 2.04. The Hall–Kier alpha value is -3.09. The minimum Gasteiger partial charge on any atom is -0.444 e. The lowest BCUT2D eigenvalue weighted by molar-refractivity contribution is -0.384. The third-order valence-corrected chi connectivity index (χ3v) is 4.56. The van der Waals surface area contributed by atoms with Crippen molar-refractivity contribution < 1.29 is 14.5 Å². The average Bonchev–Trinajstić information content (AvgIpc) is 2.80. The van der Waals surface area contributed by atoms with Crippen molar-refractivity contribution in [3.05, 3.63) is 69.8 Å². The van der Waals surface area contributed by atoms with Gasteiger partial charge in [-0.2, -0.15) is 0 Å². The van der Waals surface area contributed by atoms with E-state index in [1.54, 1.807) is 11.0 Å². The molecule has 3 rings (SSSR count). The van der Waals surface area contributed by atoms with Crippen molar-refractivity contribution in [1.82, 2.24) is 4.90 Å². The molecule has 0 saturated carbocycles. The molecule has 1 N–H and O–H groups in total. The van der Waals surface area contributed by atoms with E-state index in [1.807, 2.05) is 51.1 Å². The minimum absolute atomic E-state index is 0.0246. The summed E-state index contributed by atoms with van der Waals surface area (Å²) in [6, 6.07) is 14.5. The van der Waals surface area contributed by atoms with Crippen LogP contribution in [0.5, 0.6) is 0 Å². The van der Waals surface area contributed by atoms with E-state index in [-0.39, 0.29) is 17.8 Å². The van der Waals surface area contributed by atoms with Gasteiger partial charge in [-0.05, 0) is 44.4 Å². The van der Waals surface area contributed by atoms with Crippen molar-refractivity contribution in [2.24, 2.45) is 0 Å². The number of amides is 1. The third kappa shape index (κ3) is 4.79. The molecule has 0 aliphatic carbocycles. The zero-order valence-corrected chi connectivity index (χ0v) is 16.3. The Morgan fingerprint density at radius 1 is 1.25 bits per heavy atom. The van der Waals surface area contributed by atoms with Crippen LogP contribution >= 0.6 is 0 Å².